The van der Waals surface area contributed by atoms with Crippen molar-refractivity contribution in [3.63, 3.8) is 0 Å². The Morgan fingerprint density at radius 2 is 1.83 bits per heavy atom. The molecule has 0 saturated heterocycles. The van der Waals surface area contributed by atoms with Crippen LogP contribution in [-0.4, -0.2) is 32.1 Å². The Balaban J connectivity index is 1.25. The van der Waals surface area contributed by atoms with Gasteiger partial charge in [0.05, 0.1) is 11.5 Å². The molecular weight excluding hydrogens is 404 g/mol. The molecule has 0 unspecified atom stereocenters. The van der Waals surface area contributed by atoms with E-state index in [9.17, 15) is 13.2 Å². The van der Waals surface area contributed by atoms with Crippen LogP contribution in [0.25, 0.3) is 11.3 Å². The van der Waals surface area contributed by atoms with Crippen LogP contribution in [0.15, 0.2) is 70.1 Å². The molecular formula is C22H22N2O5S. The molecule has 4 rings (SSSR count). The molecule has 0 bridgehead atoms. The molecule has 156 valence electrons. The first-order chi connectivity index (χ1) is 14.4. The smallest absolute Gasteiger partial charge is 0.296 e. The number of hydrogen-bond acceptors (Lipinski definition) is 6. The standard InChI is InChI=1S/C22H22N2O5S/c1-15-7-9-19(10-8-15)30(26,27)28-14-16-11-18(12-16)23-22(25)21-13-20(24-29-21)17-5-3-2-4-6-17/h2-10,13,16,18H,11-12,14H2,1H3,(H,23,25). The zero-order valence-corrected chi connectivity index (χ0v) is 17.3. The Morgan fingerprint density at radius 3 is 2.53 bits per heavy atom. The number of carbonyl (C=O) groups is 1. The maximum Gasteiger partial charge on any atom is 0.296 e. The number of amides is 1. The number of carbonyl (C=O) groups excluding carboxylic acids is 1. The minimum Gasteiger partial charge on any atom is -0.350 e. The third-order valence-corrected chi connectivity index (χ3v) is 6.44. The van der Waals surface area contributed by atoms with Crippen molar-refractivity contribution < 1.29 is 21.9 Å². The van der Waals surface area contributed by atoms with Crippen molar-refractivity contribution in [1.29, 1.82) is 0 Å². The number of benzene rings is 2. The van der Waals surface area contributed by atoms with E-state index < -0.39 is 10.1 Å². The lowest BCUT2D eigenvalue weighted by Gasteiger charge is -2.35. The van der Waals surface area contributed by atoms with Gasteiger partial charge < -0.3 is 9.84 Å². The second-order valence-corrected chi connectivity index (χ2v) is 9.12. The molecule has 1 aromatic heterocycles. The first-order valence-electron chi connectivity index (χ1n) is 9.70. The first kappa shape index (κ1) is 20.3. The minimum absolute atomic E-state index is 0.0431. The van der Waals surface area contributed by atoms with E-state index in [-0.39, 0.29) is 35.1 Å². The molecule has 2 aromatic carbocycles. The molecule has 0 atom stereocenters. The van der Waals surface area contributed by atoms with Crippen LogP contribution in [0.3, 0.4) is 0 Å². The van der Waals surface area contributed by atoms with Gasteiger partial charge in [-0.2, -0.15) is 8.42 Å². The lowest BCUT2D eigenvalue weighted by molar-refractivity contribution is 0.0817. The van der Waals surface area contributed by atoms with E-state index in [4.69, 9.17) is 8.71 Å². The molecule has 0 aliphatic heterocycles. The lowest BCUT2D eigenvalue weighted by Crippen LogP contribution is -2.45. The summed E-state index contributed by atoms with van der Waals surface area (Å²) in [7, 11) is -3.77. The van der Waals surface area contributed by atoms with Gasteiger partial charge in [0, 0.05) is 17.7 Å². The monoisotopic (exact) mass is 426 g/mol. The van der Waals surface area contributed by atoms with Crippen LogP contribution in [0.1, 0.15) is 29.0 Å². The predicted molar refractivity (Wildman–Crippen MR) is 110 cm³/mol. The van der Waals surface area contributed by atoms with Crippen LogP contribution >= 0.6 is 0 Å². The number of aromatic nitrogens is 1. The average Bonchev–Trinajstić information content (AvgIpc) is 3.21. The Labute approximate surface area is 175 Å². The highest BCUT2D eigenvalue weighted by atomic mass is 32.2. The topological polar surface area (TPSA) is 98.5 Å². The van der Waals surface area contributed by atoms with Crippen molar-refractivity contribution in [2.75, 3.05) is 6.61 Å². The normalized spacial score (nSPS) is 18.6. The Bertz CT molecular complexity index is 1120. The summed E-state index contributed by atoms with van der Waals surface area (Å²) >= 11 is 0. The first-order valence-corrected chi connectivity index (χ1v) is 11.1. The fourth-order valence-corrected chi connectivity index (χ4v) is 4.31. The van der Waals surface area contributed by atoms with Gasteiger partial charge in [0.2, 0.25) is 5.76 Å². The molecule has 1 saturated carbocycles. The van der Waals surface area contributed by atoms with Crippen molar-refractivity contribution in [1.82, 2.24) is 10.5 Å². The van der Waals surface area contributed by atoms with Gasteiger partial charge in [0.25, 0.3) is 16.0 Å². The molecule has 1 amide bonds. The Kier molecular flexibility index (Phi) is 5.69. The molecule has 7 nitrogen and oxygen atoms in total. The predicted octanol–water partition coefficient (Wildman–Crippen LogP) is 3.56. The number of hydrogen-bond donors (Lipinski definition) is 1. The molecule has 1 fully saturated rings. The van der Waals surface area contributed by atoms with Crippen LogP contribution < -0.4 is 5.32 Å². The van der Waals surface area contributed by atoms with Crippen LogP contribution in [0.2, 0.25) is 0 Å². The molecule has 1 aliphatic rings. The largest absolute Gasteiger partial charge is 0.350 e. The van der Waals surface area contributed by atoms with Gasteiger partial charge >= 0.3 is 0 Å². The van der Waals surface area contributed by atoms with Crippen LogP contribution in [0, 0.1) is 12.8 Å². The average molecular weight is 426 g/mol. The van der Waals surface area contributed by atoms with Gasteiger partial charge in [0.15, 0.2) is 0 Å². The fraction of sp³-hybridized carbons (Fsp3) is 0.273. The molecule has 1 heterocycles. The third-order valence-electron chi connectivity index (χ3n) is 5.14. The van der Waals surface area contributed by atoms with Crippen LogP contribution in [-0.2, 0) is 14.3 Å². The summed E-state index contributed by atoms with van der Waals surface area (Å²) in [5.41, 5.74) is 2.45. The zero-order valence-electron chi connectivity index (χ0n) is 16.4. The van der Waals surface area contributed by atoms with E-state index in [1.165, 1.54) is 12.1 Å². The highest BCUT2D eigenvalue weighted by molar-refractivity contribution is 7.86. The molecule has 0 radical (unpaired) electrons. The molecule has 1 N–H and O–H groups in total. The summed E-state index contributed by atoms with van der Waals surface area (Å²) in [6.07, 6.45) is 1.30. The molecule has 8 heteroatoms. The minimum atomic E-state index is -3.77. The summed E-state index contributed by atoms with van der Waals surface area (Å²) < 4.78 is 34.8. The summed E-state index contributed by atoms with van der Waals surface area (Å²) in [6, 6.07) is 17.6. The van der Waals surface area contributed by atoms with E-state index >= 15 is 0 Å². The van der Waals surface area contributed by atoms with E-state index in [1.54, 1.807) is 18.2 Å². The second kappa shape index (κ2) is 8.41. The van der Waals surface area contributed by atoms with Crippen LogP contribution in [0.5, 0.6) is 0 Å². The molecule has 1 aliphatic carbocycles. The number of rotatable bonds is 7. The maximum atomic E-state index is 12.4. The van der Waals surface area contributed by atoms with Gasteiger partial charge in [-0.1, -0.05) is 53.2 Å². The summed E-state index contributed by atoms with van der Waals surface area (Å²) in [4.78, 5) is 12.5. The molecule has 30 heavy (non-hydrogen) atoms. The third kappa shape index (κ3) is 4.60. The summed E-state index contributed by atoms with van der Waals surface area (Å²) in [5, 5.41) is 6.83. The Hall–Kier alpha value is -2.97. The maximum absolute atomic E-state index is 12.4. The van der Waals surface area contributed by atoms with E-state index in [2.05, 4.69) is 10.5 Å². The number of nitrogens with one attached hydrogen (secondary N) is 1. The van der Waals surface area contributed by atoms with Crippen molar-refractivity contribution in [2.45, 2.75) is 30.7 Å². The van der Waals surface area contributed by atoms with Gasteiger partial charge in [-0.15, -0.1) is 0 Å². The number of aryl methyl sites for hydroxylation is 1. The van der Waals surface area contributed by atoms with Gasteiger partial charge in [0.1, 0.15) is 5.69 Å². The van der Waals surface area contributed by atoms with E-state index in [0.29, 0.717) is 18.5 Å². The molecule has 3 aromatic rings. The fourth-order valence-electron chi connectivity index (χ4n) is 3.33. The number of nitrogens with zero attached hydrogens (tertiary/aromatic N) is 1. The SMILES string of the molecule is Cc1ccc(S(=O)(=O)OCC2CC(NC(=O)c3cc(-c4ccccc4)no3)C2)cc1. The Morgan fingerprint density at radius 1 is 1.13 bits per heavy atom. The molecule has 0 spiro atoms. The van der Waals surface area contributed by atoms with Crippen molar-refractivity contribution in [3.05, 3.63) is 72.0 Å². The highest BCUT2D eigenvalue weighted by Crippen LogP contribution is 2.29. The lowest BCUT2D eigenvalue weighted by atomic mass is 9.81. The zero-order chi connectivity index (χ0) is 21.1. The second-order valence-electron chi connectivity index (χ2n) is 7.50. The van der Waals surface area contributed by atoms with Gasteiger partial charge in [-0.3, -0.25) is 8.98 Å². The van der Waals surface area contributed by atoms with Crippen molar-refractivity contribution in [2.24, 2.45) is 5.92 Å². The van der Waals surface area contributed by atoms with Crippen LogP contribution in [0.4, 0.5) is 0 Å². The van der Waals surface area contributed by atoms with E-state index in [0.717, 1.165) is 11.1 Å². The van der Waals surface area contributed by atoms with Crippen molar-refractivity contribution in [3.8, 4) is 11.3 Å². The summed E-state index contributed by atoms with van der Waals surface area (Å²) in [5.74, 6) is -0.109. The quantitative estimate of drug-likeness (QED) is 0.580. The van der Waals surface area contributed by atoms with E-state index in [1.807, 2.05) is 37.3 Å². The van der Waals surface area contributed by atoms with Gasteiger partial charge in [-0.05, 0) is 37.8 Å². The van der Waals surface area contributed by atoms with Gasteiger partial charge in [-0.25, -0.2) is 0 Å². The van der Waals surface area contributed by atoms with Crippen molar-refractivity contribution >= 4 is 16.0 Å². The highest BCUT2D eigenvalue weighted by Gasteiger charge is 2.33. The summed E-state index contributed by atoms with van der Waals surface area (Å²) in [6.45, 7) is 1.99.